The summed E-state index contributed by atoms with van der Waals surface area (Å²) in [5.41, 5.74) is 0. The minimum Gasteiger partial charge on any atom is -0.356 e. The fourth-order valence-electron chi connectivity index (χ4n) is 1.48. The number of rotatable bonds is 10. The summed E-state index contributed by atoms with van der Waals surface area (Å²) in [4.78, 5) is 11.4. The largest absolute Gasteiger partial charge is 0.356 e. The maximum absolute atomic E-state index is 11.4. The van der Waals surface area contributed by atoms with Crippen molar-refractivity contribution in [1.82, 2.24) is 5.32 Å². The zero-order valence-corrected chi connectivity index (χ0v) is 12.2. The lowest BCUT2D eigenvalue weighted by atomic mass is 10.2. The number of hydrogen-bond donors (Lipinski definition) is 1. The van der Waals surface area contributed by atoms with E-state index in [-0.39, 0.29) is 5.91 Å². The molecule has 0 unspecified atom stereocenters. The van der Waals surface area contributed by atoms with E-state index in [0.29, 0.717) is 12.3 Å². The van der Waals surface area contributed by atoms with Crippen LogP contribution in [0.25, 0.3) is 0 Å². The zero-order chi connectivity index (χ0) is 13.6. The highest BCUT2D eigenvalue weighted by Crippen LogP contribution is 2.00. The van der Waals surface area contributed by atoms with Gasteiger partial charge in [-0.1, -0.05) is 57.9 Å². The van der Waals surface area contributed by atoms with Gasteiger partial charge in [-0.05, 0) is 25.2 Å². The molecule has 0 heterocycles. The fourth-order valence-corrected chi connectivity index (χ4v) is 1.48. The molecule has 0 aliphatic carbocycles. The highest BCUT2D eigenvalue weighted by molar-refractivity contribution is 5.75. The monoisotopic (exact) mass is 251 g/mol. The number of amides is 1. The summed E-state index contributed by atoms with van der Waals surface area (Å²) >= 11 is 0. The Hall–Kier alpha value is -1.05. The molecule has 0 aliphatic rings. The van der Waals surface area contributed by atoms with Crippen LogP contribution in [0.2, 0.25) is 0 Å². The highest BCUT2D eigenvalue weighted by atomic mass is 16.1. The summed E-state index contributed by atoms with van der Waals surface area (Å²) in [5, 5.41) is 2.92. The minimum atomic E-state index is 0.153. The van der Waals surface area contributed by atoms with E-state index in [1.807, 2.05) is 6.08 Å². The van der Waals surface area contributed by atoms with E-state index in [2.05, 4.69) is 44.3 Å². The van der Waals surface area contributed by atoms with Crippen LogP contribution >= 0.6 is 0 Å². The molecule has 0 radical (unpaired) electrons. The predicted molar refractivity (Wildman–Crippen MR) is 79.5 cm³/mol. The van der Waals surface area contributed by atoms with Crippen LogP contribution in [0.3, 0.4) is 0 Å². The molecule has 0 bridgehead atoms. The quantitative estimate of drug-likeness (QED) is 0.457. The maximum Gasteiger partial charge on any atom is 0.220 e. The van der Waals surface area contributed by atoms with Crippen LogP contribution in [0.1, 0.15) is 59.3 Å². The normalized spacial score (nSPS) is 11.8. The molecule has 2 nitrogen and oxygen atoms in total. The Kier molecular flexibility index (Phi) is 11.7. The molecule has 0 saturated heterocycles. The molecule has 104 valence electrons. The van der Waals surface area contributed by atoms with Crippen LogP contribution in [-0.2, 0) is 4.79 Å². The summed E-state index contributed by atoms with van der Waals surface area (Å²) in [6.07, 6.45) is 14.8. The molecule has 0 atom stereocenters. The molecule has 1 amide bonds. The SMILES string of the molecule is CCCCCC=CC=CCCC(=O)NCC(C)C. The molecule has 0 fully saturated rings. The number of carbonyl (C=O) groups is 1. The second kappa shape index (κ2) is 12.4. The van der Waals surface area contributed by atoms with E-state index in [1.54, 1.807) is 0 Å². The molecule has 18 heavy (non-hydrogen) atoms. The van der Waals surface area contributed by atoms with E-state index >= 15 is 0 Å². The molecule has 0 aromatic carbocycles. The topological polar surface area (TPSA) is 29.1 Å². The average Bonchev–Trinajstić information content (AvgIpc) is 2.34. The zero-order valence-electron chi connectivity index (χ0n) is 12.2. The number of unbranched alkanes of at least 4 members (excludes halogenated alkanes) is 3. The van der Waals surface area contributed by atoms with Crippen LogP contribution < -0.4 is 5.32 Å². The van der Waals surface area contributed by atoms with Gasteiger partial charge < -0.3 is 5.32 Å². The van der Waals surface area contributed by atoms with Crippen molar-refractivity contribution in [1.29, 1.82) is 0 Å². The van der Waals surface area contributed by atoms with E-state index in [9.17, 15) is 4.79 Å². The van der Waals surface area contributed by atoms with Crippen molar-refractivity contribution in [2.75, 3.05) is 6.54 Å². The Morgan fingerprint density at radius 2 is 1.78 bits per heavy atom. The summed E-state index contributed by atoms with van der Waals surface area (Å²) in [5.74, 6) is 0.677. The fraction of sp³-hybridized carbons (Fsp3) is 0.688. The van der Waals surface area contributed by atoms with Gasteiger partial charge in [0.15, 0.2) is 0 Å². The minimum absolute atomic E-state index is 0.153. The van der Waals surface area contributed by atoms with Gasteiger partial charge in [0.25, 0.3) is 0 Å². The van der Waals surface area contributed by atoms with Gasteiger partial charge in [0.05, 0.1) is 0 Å². The Balaban J connectivity index is 3.44. The first-order valence-corrected chi connectivity index (χ1v) is 7.25. The Morgan fingerprint density at radius 3 is 2.39 bits per heavy atom. The Morgan fingerprint density at radius 1 is 1.11 bits per heavy atom. The lowest BCUT2D eigenvalue weighted by molar-refractivity contribution is -0.121. The molecular formula is C16H29NO. The third kappa shape index (κ3) is 13.0. The van der Waals surface area contributed by atoms with E-state index in [0.717, 1.165) is 19.4 Å². The van der Waals surface area contributed by atoms with E-state index in [4.69, 9.17) is 0 Å². The summed E-state index contributed by atoms with van der Waals surface area (Å²) in [7, 11) is 0. The number of allylic oxidation sites excluding steroid dienone is 4. The van der Waals surface area contributed by atoms with Crippen molar-refractivity contribution in [2.24, 2.45) is 5.92 Å². The summed E-state index contributed by atoms with van der Waals surface area (Å²) in [6.45, 7) is 7.20. The van der Waals surface area contributed by atoms with Crippen LogP contribution in [0.15, 0.2) is 24.3 Å². The van der Waals surface area contributed by atoms with E-state index < -0.39 is 0 Å². The number of carbonyl (C=O) groups excluding carboxylic acids is 1. The molecule has 0 aromatic heterocycles. The smallest absolute Gasteiger partial charge is 0.220 e. The molecular weight excluding hydrogens is 222 g/mol. The van der Waals surface area contributed by atoms with Gasteiger partial charge in [-0.25, -0.2) is 0 Å². The van der Waals surface area contributed by atoms with Gasteiger partial charge in [0, 0.05) is 13.0 Å². The third-order valence-electron chi connectivity index (χ3n) is 2.60. The lowest BCUT2D eigenvalue weighted by Crippen LogP contribution is -2.26. The maximum atomic E-state index is 11.4. The average molecular weight is 251 g/mol. The van der Waals surface area contributed by atoms with Crippen LogP contribution in [0.5, 0.6) is 0 Å². The predicted octanol–water partition coefficient (Wildman–Crippen LogP) is 4.23. The van der Waals surface area contributed by atoms with Gasteiger partial charge in [0.2, 0.25) is 5.91 Å². The molecule has 1 N–H and O–H groups in total. The van der Waals surface area contributed by atoms with Crippen molar-refractivity contribution >= 4 is 5.91 Å². The van der Waals surface area contributed by atoms with E-state index in [1.165, 1.54) is 19.3 Å². The third-order valence-corrected chi connectivity index (χ3v) is 2.60. The van der Waals surface area contributed by atoms with Gasteiger partial charge in [-0.3, -0.25) is 4.79 Å². The lowest BCUT2D eigenvalue weighted by Gasteiger charge is -2.05. The van der Waals surface area contributed by atoms with Crippen molar-refractivity contribution in [3.05, 3.63) is 24.3 Å². The first kappa shape index (κ1) is 16.9. The van der Waals surface area contributed by atoms with Crippen molar-refractivity contribution in [2.45, 2.75) is 59.3 Å². The van der Waals surface area contributed by atoms with Crippen molar-refractivity contribution in [3.8, 4) is 0 Å². The Bertz CT molecular complexity index is 254. The second-order valence-electron chi connectivity index (χ2n) is 5.09. The van der Waals surface area contributed by atoms with Gasteiger partial charge in [-0.15, -0.1) is 0 Å². The van der Waals surface area contributed by atoms with Crippen LogP contribution in [-0.4, -0.2) is 12.5 Å². The van der Waals surface area contributed by atoms with Crippen LogP contribution in [0, 0.1) is 5.92 Å². The molecule has 2 heteroatoms. The highest BCUT2D eigenvalue weighted by Gasteiger charge is 1.99. The van der Waals surface area contributed by atoms with Gasteiger partial charge >= 0.3 is 0 Å². The van der Waals surface area contributed by atoms with Crippen molar-refractivity contribution < 1.29 is 4.79 Å². The first-order valence-electron chi connectivity index (χ1n) is 7.25. The number of hydrogen-bond acceptors (Lipinski definition) is 1. The molecule has 0 aliphatic heterocycles. The standard InChI is InChI=1S/C16H29NO/c1-4-5-6-7-8-9-10-11-12-13-16(18)17-14-15(2)3/h8-11,15H,4-7,12-14H2,1-3H3,(H,17,18). The second-order valence-corrected chi connectivity index (χ2v) is 5.09. The molecule has 0 rings (SSSR count). The van der Waals surface area contributed by atoms with Crippen molar-refractivity contribution in [3.63, 3.8) is 0 Å². The molecule has 0 spiro atoms. The first-order chi connectivity index (χ1) is 8.66. The summed E-state index contributed by atoms with van der Waals surface area (Å²) < 4.78 is 0. The molecule has 0 saturated carbocycles. The molecule has 0 aromatic rings. The van der Waals surface area contributed by atoms with Gasteiger partial charge in [-0.2, -0.15) is 0 Å². The van der Waals surface area contributed by atoms with Crippen LogP contribution in [0.4, 0.5) is 0 Å². The van der Waals surface area contributed by atoms with Gasteiger partial charge in [0.1, 0.15) is 0 Å². The summed E-state index contributed by atoms with van der Waals surface area (Å²) in [6, 6.07) is 0. The Labute approximate surface area is 113 Å². The number of nitrogens with one attached hydrogen (secondary N) is 1.